The van der Waals surface area contributed by atoms with Crippen LogP contribution in [0, 0.1) is 0 Å². The number of allylic oxidation sites excluding steroid dienone is 8. The molecule has 0 amide bonds. The molecule has 2 unspecified atom stereocenters. The summed E-state index contributed by atoms with van der Waals surface area (Å²) in [5.41, 5.74) is 5.31. The monoisotopic (exact) mass is 655 g/mol. The molecule has 0 aromatic rings. The highest BCUT2D eigenvalue weighted by Gasteiger charge is 2.25. The predicted molar refractivity (Wildman–Crippen MR) is 183 cm³/mol. The summed E-state index contributed by atoms with van der Waals surface area (Å²) in [5, 5.41) is 0. The average molecular weight is 656 g/mol. The zero-order valence-electron chi connectivity index (χ0n) is 28.1. The first-order valence-corrected chi connectivity index (χ1v) is 18.6. The molecule has 0 bridgehead atoms. The third kappa shape index (κ3) is 31.7. The molecule has 0 aliphatic carbocycles. The molecule has 0 aromatic carbocycles. The Morgan fingerprint density at radius 3 is 1.87 bits per heavy atom. The summed E-state index contributed by atoms with van der Waals surface area (Å²) in [5.74, 6) is -0.883. The Kier molecular flexibility index (Phi) is 30.5. The van der Waals surface area contributed by atoms with Gasteiger partial charge in [-0.05, 0) is 64.2 Å². The quantitative estimate of drug-likeness (QED) is 0.0325. The second-order valence-corrected chi connectivity index (χ2v) is 12.4. The van der Waals surface area contributed by atoms with E-state index in [0.29, 0.717) is 12.8 Å². The Balaban J connectivity index is 4.36. The topological polar surface area (TPSA) is 134 Å². The number of carbonyl (C=O) groups is 2. The van der Waals surface area contributed by atoms with Crippen LogP contribution in [0.4, 0.5) is 0 Å². The molecule has 0 spiro atoms. The van der Waals surface area contributed by atoms with Crippen molar-refractivity contribution in [3.63, 3.8) is 0 Å². The van der Waals surface area contributed by atoms with Crippen LogP contribution in [0.2, 0.25) is 0 Å². The molecular weight excluding hydrogens is 593 g/mol. The van der Waals surface area contributed by atoms with Gasteiger partial charge in [0, 0.05) is 19.4 Å². The molecule has 2 atom stereocenters. The van der Waals surface area contributed by atoms with Gasteiger partial charge in [-0.15, -0.1) is 0 Å². The lowest BCUT2D eigenvalue weighted by Gasteiger charge is -2.19. The van der Waals surface area contributed by atoms with Gasteiger partial charge < -0.3 is 20.1 Å². The van der Waals surface area contributed by atoms with Gasteiger partial charge in [0.1, 0.15) is 6.61 Å². The van der Waals surface area contributed by atoms with E-state index in [1.165, 1.54) is 12.8 Å². The highest BCUT2D eigenvalue weighted by molar-refractivity contribution is 7.47. The van der Waals surface area contributed by atoms with E-state index in [9.17, 15) is 19.0 Å². The van der Waals surface area contributed by atoms with Crippen molar-refractivity contribution in [1.82, 2.24) is 0 Å². The van der Waals surface area contributed by atoms with Crippen molar-refractivity contribution in [2.75, 3.05) is 26.4 Å². The van der Waals surface area contributed by atoms with Crippen LogP contribution < -0.4 is 5.73 Å². The fraction of sp³-hybridized carbons (Fsp3) is 0.714. The zero-order valence-corrected chi connectivity index (χ0v) is 29.0. The van der Waals surface area contributed by atoms with Gasteiger partial charge in [0.05, 0.1) is 13.2 Å². The minimum absolute atomic E-state index is 0.0454. The second-order valence-electron chi connectivity index (χ2n) is 11.0. The third-order valence-electron chi connectivity index (χ3n) is 6.70. The summed E-state index contributed by atoms with van der Waals surface area (Å²) in [6.45, 7) is 3.49. The van der Waals surface area contributed by atoms with E-state index in [1.54, 1.807) is 0 Å². The average Bonchev–Trinajstić information content (AvgIpc) is 3.02. The van der Waals surface area contributed by atoms with Crippen molar-refractivity contribution < 1.29 is 37.6 Å². The predicted octanol–water partition coefficient (Wildman–Crippen LogP) is 8.82. The van der Waals surface area contributed by atoms with Crippen molar-refractivity contribution in [2.45, 2.75) is 136 Å². The van der Waals surface area contributed by atoms with Gasteiger partial charge in [0.2, 0.25) is 0 Å². The number of rotatable bonds is 31. The normalized spacial score (nSPS) is 14.1. The van der Waals surface area contributed by atoms with E-state index in [4.69, 9.17) is 24.3 Å². The Hall–Kier alpha value is -2.03. The number of hydrogen-bond acceptors (Lipinski definition) is 8. The van der Waals surface area contributed by atoms with Crippen LogP contribution in [0.25, 0.3) is 0 Å². The molecule has 3 N–H and O–H groups in total. The Morgan fingerprint density at radius 1 is 0.689 bits per heavy atom. The van der Waals surface area contributed by atoms with E-state index in [0.717, 1.165) is 77.0 Å². The summed E-state index contributed by atoms with van der Waals surface area (Å²) < 4.78 is 32.5. The fourth-order valence-electron chi connectivity index (χ4n) is 4.16. The van der Waals surface area contributed by atoms with Crippen LogP contribution in [0.5, 0.6) is 0 Å². The molecule has 0 aliphatic rings. The van der Waals surface area contributed by atoms with Gasteiger partial charge in [-0.25, -0.2) is 4.57 Å². The molecule has 0 radical (unpaired) electrons. The minimum Gasteiger partial charge on any atom is -0.462 e. The number of phosphoric ester groups is 1. The van der Waals surface area contributed by atoms with E-state index >= 15 is 0 Å². The molecule has 0 saturated carbocycles. The van der Waals surface area contributed by atoms with Crippen molar-refractivity contribution in [3.05, 3.63) is 48.6 Å². The number of carbonyl (C=O) groups excluding carboxylic acids is 2. The lowest BCUT2D eigenvalue weighted by molar-refractivity contribution is -0.161. The lowest BCUT2D eigenvalue weighted by atomic mass is 10.1. The van der Waals surface area contributed by atoms with Crippen molar-refractivity contribution in [3.8, 4) is 0 Å². The third-order valence-corrected chi connectivity index (χ3v) is 7.68. The largest absolute Gasteiger partial charge is 0.472 e. The SMILES string of the molecule is CC/C=C\C/C=C\C/C=C\CCCCCC(=O)OC(COC(=O)CCCCCCC/C=C\CCCC)COP(=O)(O)OCCN. The molecule has 0 aromatic heterocycles. The van der Waals surface area contributed by atoms with Gasteiger partial charge in [0.25, 0.3) is 0 Å². The van der Waals surface area contributed by atoms with Crippen LogP contribution in [-0.4, -0.2) is 49.3 Å². The zero-order chi connectivity index (χ0) is 33.3. The number of hydrogen-bond donors (Lipinski definition) is 2. The smallest absolute Gasteiger partial charge is 0.462 e. The van der Waals surface area contributed by atoms with Gasteiger partial charge >= 0.3 is 19.8 Å². The first-order valence-electron chi connectivity index (χ1n) is 17.1. The van der Waals surface area contributed by atoms with Gasteiger partial charge in [0.15, 0.2) is 6.10 Å². The Labute approximate surface area is 273 Å². The standard InChI is InChI=1S/C35H62NO8P/c1-3-5-7-9-11-13-15-16-18-20-22-24-26-28-35(38)44-33(32-43-45(39,40)42-30-29-36)31-41-34(37)27-25-23-21-19-17-14-12-10-8-6-4-2/h5,7,10-13,16,18,33H,3-4,6,8-9,14-15,17,19-32,36H2,1-2H3,(H,39,40)/b7-5-,12-10-,13-11-,18-16-. The van der Waals surface area contributed by atoms with Gasteiger partial charge in [-0.2, -0.15) is 0 Å². The molecule has 0 fully saturated rings. The Morgan fingerprint density at radius 2 is 1.22 bits per heavy atom. The first kappa shape index (κ1) is 43.0. The molecule has 260 valence electrons. The highest BCUT2D eigenvalue weighted by Crippen LogP contribution is 2.43. The molecule has 9 nitrogen and oxygen atoms in total. The fourth-order valence-corrected chi connectivity index (χ4v) is 4.92. The molecule has 45 heavy (non-hydrogen) atoms. The summed E-state index contributed by atoms with van der Waals surface area (Å²) in [6, 6.07) is 0. The molecule has 10 heteroatoms. The van der Waals surface area contributed by atoms with Gasteiger partial charge in [-0.3, -0.25) is 18.6 Å². The molecule has 0 aliphatic heterocycles. The highest BCUT2D eigenvalue weighted by atomic mass is 31.2. The van der Waals surface area contributed by atoms with E-state index in [1.807, 2.05) is 0 Å². The maximum atomic E-state index is 12.5. The van der Waals surface area contributed by atoms with E-state index in [2.05, 4.69) is 62.5 Å². The van der Waals surface area contributed by atoms with E-state index < -0.39 is 32.5 Å². The summed E-state index contributed by atoms with van der Waals surface area (Å²) in [7, 11) is -4.38. The number of unbranched alkanes of at least 4 members (excludes halogenated alkanes) is 10. The lowest BCUT2D eigenvalue weighted by Crippen LogP contribution is -2.29. The molecule has 0 heterocycles. The maximum absolute atomic E-state index is 12.5. The second kappa shape index (κ2) is 31.9. The number of nitrogens with two attached hydrogens (primary N) is 1. The Bertz CT molecular complexity index is 887. The van der Waals surface area contributed by atoms with Gasteiger partial charge in [-0.1, -0.05) is 101 Å². The van der Waals surface area contributed by atoms with Crippen molar-refractivity contribution >= 4 is 19.8 Å². The van der Waals surface area contributed by atoms with E-state index in [-0.39, 0.29) is 32.6 Å². The minimum atomic E-state index is -4.38. The number of esters is 2. The molecular formula is C35H62NO8P. The van der Waals surface area contributed by atoms with Crippen molar-refractivity contribution in [2.24, 2.45) is 5.73 Å². The summed E-state index contributed by atoms with van der Waals surface area (Å²) >= 11 is 0. The van der Waals surface area contributed by atoms with Crippen LogP contribution in [0.15, 0.2) is 48.6 Å². The van der Waals surface area contributed by atoms with Crippen LogP contribution >= 0.6 is 7.82 Å². The molecule has 0 saturated heterocycles. The van der Waals surface area contributed by atoms with Crippen LogP contribution in [-0.2, 0) is 32.7 Å². The number of phosphoric acid groups is 1. The summed E-state index contributed by atoms with van der Waals surface area (Å²) in [4.78, 5) is 34.5. The van der Waals surface area contributed by atoms with Crippen LogP contribution in [0.3, 0.4) is 0 Å². The van der Waals surface area contributed by atoms with Crippen molar-refractivity contribution in [1.29, 1.82) is 0 Å². The summed E-state index contributed by atoms with van der Waals surface area (Å²) in [6.07, 6.45) is 32.9. The molecule has 0 rings (SSSR count). The number of ether oxygens (including phenoxy) is 2. The van der Waals surface area contributed by atoms with Crippen LogP contribution in [0.1, 0.15) is 129 Å². The first-order chi connectivity index (χ1) is 21.8. The maximum Gasteiger partial charge on any atom is 0.472 e.